The molecule has 15 heteroatoms. The number of rotatable bonds is 5. The molecular formula is C9H6F13NO. The van der Waals surface area contributed by atoms with Gasteiger partial charge in [0.15, 0.2) is 0 Å². The van der Waals surface area contributed by atoms with Gasteiger partial charge in [0, 0.05) is 14.1 Å². The van der Waals surface area contributed by atoms with Crippen molar-refractivity contribution in [2.45, 2.75) is 35.8 Å². The van der Waals surface area contributed by atoms with Crippen LogP contribution in [-0.4, -0.2) is 60.7 Å². The van der Waals surface area contributed by atoms with Crippen LogP contribution in [0.5, 0.6) is 0 Å². The highest BCUT2D eigenvalue weighted by molar-refractivity contribution is 5.84. The molecule has 0 aliphatic carbocycles. The molecule has 144 valence electrons. The molecule has 0 rings (SSSR count). The lowest BCUT2D eigenvalue weighted by atomic mass is 9.93. The lowest BCUT2D eigenvalue weighted by Gasteiger charge is -2.39. The average Bonchev–Trinajstić information content (AvgIpc) is 2.35. The standard InChI is InChI=1S/C9H6F13NO/c1-23(2)3(24)4(10,11)5(12,13)6(14,15)7(16,17)8(18,19)9(20,21)22/h1-2H3. The third kappa shape index (κ3) is 2.74. The number of amides is 1. The monoisotopic (exact) mass is 391 g/mol. The molecule has 0 aliphatic rings. The SMILES string of the molecule is CN(C)C(=O)C(F)(F)C(F)(F)C(F)(F)C(F)(F)C(F)(F)C(F)(F)F. The van der Waals surface area contributed by atoms with Crippen LogP contribution in [0, 0.1) is 0 Å². The van der Waals surface area contributed by atoms with Crippen molar-refractivity contribution < 1.29 is 61.9 Å². The number of carbonyl (C=O) groups excluding carboxylic acids is 1. The van der Waals surface area contributed by atoms with Crippen LogP contribution in [-0.2, 0) is 4.79 Å². The van der Waals surface area contributed by atoms with E-state index in [-0.39, 0.29) is 14.1 Å². The van der Waals surface area contributed by atoms with E-state index in [1.807, 2.05) is 0 Å². The van der Waals surface area contributed by atoms with Gasteiger partial charge in [-0.2, -0.15) is 57.1 Å². The fourth-order valence-corrected chi connectivity index (χ4v) is 1.18. The molecule has 2 nitrogen and oxygen atoms in total. The van der Waals surface area contributed by atoms with Crippen molar-refractivity contribution in [3.05, 3.63) is 0 Å². The van der Waals surface area contributed by atoms with Crippen LogP contribution in [0.3, 0.4) is 0 Å². The molecule has 0 bridgehead atoms. The van der Waals surface area contributed by atoms with Gasteiger partial charge in [0.25, 0.3) is 5.91 Å². The summed E-state index contributed by atoms with van der Waals surface area (Å²) < 4.78 is 164. The zero-order valence-electron chi connectivity index (χ0n) is 11.3. The van der Waals surface area contributed by atoms with Gasteiger partial charge in [0.1, 0.15) is 0 Å². The predicted molar refractivity (Wildman–Crippen MR) is 49.5 cm³/mol. The van der Waals surface area contributed by atoms with Crippen LogP contribution in [0.1, 0.15) is 0 Å². The highest BCUT2D eigenvalue weighted by Crippen LogP contribution is 2.60. The maximum atomic E-state index is 13.1. The summed E-state index contributed by atoms with van der Waals surface area (Å²) in [6.45, 7) is 0. The third-order valence-corrected chi connectivity index (χ3v) is 2.61. The topological polar surface area (TPSA) is 20.3 Å². The summed E-state index contributed by atoms with van der Waals surface area (Å²) in [5.41, 5.74) is 0. The number of alkyl halides is 13. The molecule has 0 aromatic rings. The van der Waals surface area contributed by atoms with Crippen molar-refractivity contribution in [1.82, 2.24) is 4.90 Å². The smallest absolute Gasteiger partial charge is 0.343 e. The van der Waals surface area contributed by atoms with Crippen LogP contribution in [0.15, 0.2) is 0 Å². The number of carbonyl (C=O) groups is 1. The largest absolute Gasteiger partial charge is 0.460 e. The summed E-state index contributed by atoms with van der Waals surface area (Å²) in [6, 6.07) is 0. The molecule has 0 atom stereocenters. The number of nitrogens with zero attached hydrogens (tertiary/aromatic N) is 1. The maximum absolute atomic E-state index is 13.1. The zero-order valence-corrected chi connectivity index (χ0v) is 11.3. The minimum atomic E-state index is -8.00. The molecule has 0 spiro atoms. The number of halogens is 13. The molecule has 0 fully saturated rings. The molecule has 0 aromatic carbocycles. The molecule has 0 saturated heterocycles. The van der Waals surface area contributed by atoms with Crippen LogP contribution in [0.4, 0.5) is 57.1 Å². The van der Waals surface area contributed by atoms with Crippen molar-refractivity contribution in [2.24, 2.45) is 0 Å². The first-order chi connectivity index (χ1) is 10.1. The van der Waals surface area contributed by atoms with Crippen LogP contribution >= 0.6 is 0 Å². The molecule has 0 aromatic heterocycles. The highest BCUT2D eigenvalue weighted by atomic mass is 19.4. The van der Waals surface area contributed by atoms with Crippen molar-refractivity contribution in [3.8, 4) is 0 Å². The second-order valence-electron chi connectivity index (χ2n) is 4.57. The molecule has 0 aliphatic heterocycles. The van der Waals surface area contributed by atoms with Crippen LogP contribution in [0.25, 0.3) is 0 Å². The third-order valence-electron chi connectivity index (χ3n) is 2.61. The zero-order chi connectivity index (χ0) is 20.2. The quantitative estimate of drug-likeness (QED) is 0.653. The average molecular weight is 391 g/mol. The number of hydrogen-bond donors (Lipinski definition) is 0. The Morgan fingerprint density at radius 2 is 0.875 bits per heavy atom. The predicted octanol–water partition coefficient (Wildman–Crippen LogP) is 3.81. The first-order valence-electron chi connectivity index (χ1n) is 5.28. The lowest BCUT2D eigenvalue weighted by Crippen LogP contribution is -2.71. The summed E-state index contributed by atoms with van der Waals surface area (Å²) in [5.74, 6) is -41.3. The van der Waals surface area contributed by atoms with Crippen LogP contribution < -0.4 is 0 Å². The van der Waals surface area contributed by atoms with Crippen LogP contribution in [0.2, 0.25) is 0 Å². The first kappa shape index (κ1) is 22.6. The Balaban J connectivity index is 6.36. The van der Waals surface area contributed by atoms with Crippen molar-refractivity contribution in [1.29, 1.82) is 0 Å². The Kier molecular flexibility index (Phi) is 5.21. The minimum absolute atomic E-state index is 0.285. The fourth-order valence-electron chi connectivity index (χ4n) is 1.18. The van der Waals surface area contributed by atoms with Crippen molar-refractivity contribution in [2.75, 3.05) is 14.1 Å². The summed E-state index contributed by atoms with van der Waals surface area (Å²) in [7, 11) is 0.569. The molecule has 0 radical (unpaired) electrons. The number of hydrogen-bond acceptors (Lipinski definition) is 1. The van der Waals surface area contributed by atoms with E-state index in [0.29, 0.717) is 0 Å². The van der Waals surface area contributed by atoms with E-state index in [4.69, 9.17) is 0 Å². The lowest BCUT2D eigenvalue weighted by molar-refractivity contribution is -0.436. The Bertz CT molecular complexity index is 492. The summed E-state index contributed by atoms with van der Waals surface area (Å²) >= 11 is 0. The van der Waals surface area contributed by atoms with Gasteiger partial charge in [-0.3, -0.25) is 4.79 Å². The van der Waals surface area contributed by atoms with E-state index >= 15 is 0 Å². The molecule has 24 heavy (non-hydrogen) atoms. The normalized spacial score (nSPS) is 15.5. The van der Waals surface area contributed by atoms with Gasteiger partial charge in [-0.1, -0.05) is 0 Å². The van der Waals surface area contributed by atoms with E-state index < -0.39 is 46.6 Å². The maximum Gasteiger partial charge on any atom is 0.460 e. The van der Waals surface area contributed by atoms with Gasteiger partial charge >= 0.3 is 35.8 Å². The van der Waals surface area contributed by atoms with Crippen molar-refractivity contribution >= 4 is 5.91 Å². The summed E-state index contributed by atoms with van der Waals surface area (Å²) in [6.07, 6.45) is -7.48. The second-order valence-corrected chi connectivity index (χ2v) is 4.57. The minimum Gasteiger partial charge on any atom is -0.343 e. The molecular weight excluding hydrogens is 385 g/mol. The van der Waals surface area contributed by atoms with E-state index in [2.05, 4.69) is 0 Å². The molecule has 0 saturated carbocycles. The highest BCUT2D eigenvalue weighted by Gasteiger charge is 2.91. The van der Waals surface area contributed by atoms with E-state index in [1.54, 1.807) is 0 Å². The van der Waals surface area contributed by atoms with E-state index in [1.165, 1.54) is 0 Å². The van der Waals surface area contributed by atoms with Gasteiger partial charge < -0.3 is 4.90 Å². The van der Waals surface area contributed by atoms with Gasteiger partial charge in [-0.05, 0) is 0 Å². The van der Waals surface area contributed by atoms with Gasteiger partial charge in [0.05, 0.1) is 0 Å². The molecule has 1 amide bonds. The Morgan fingerprint density at radius 3 is 1.12 bits per heavy atom. The second kappa shape index (κ2) is 5.54. The Morgan fingerprint density at radius 1 is 0.583 bits per heavy atom. The van der Waals surface area contributed by atoms with E-state index in [0.717, 1.165) is 0 Å². The first-order valence-corrected chi connectivity index (χ1v) is 5.28. The van der Waals surface area contributed by atoms with Gasteiger partial charge in [0.2, 0.25) is 0 Å². The molecule has 0 unspecified atom stereocenters. The Hall–Kier alpha value is -1.44. The van der Waals surface area contributed by atoms with Gasteiger partial charge in [-0.25, -0.2) is 0 Å². The summed E-state index contributed by atoms with van der Waals surface area (Å²) in [5, 5.41) is 0. The summed E-state index contributed by atoms with van der Waals surface area (Å²) in [4.78, 5) is 10.3. The Labute approximate surface area is 124 Å². The van der Waals surface area contributed by atoms with E-state index in [9.17, 15) is 61.9 Å². The van der Waals surface area contributed by atoms with Crippen molar-refractivity contribution in [3.63, 3.8) is 0 Å². The molecule has 0 heterocycles. The fraction of sp³-hybridized carbons (Fsp3) is 0.889. The van der Waals surface area contributed by atoms with Gasteiger partial charge in [-0.15, -0.1) is 0 Å². The molecule has 0 N–H and O–H groups in total.